The van der Waals surface area contributed by atoms with Gasteiger partial charge in [-0.05, 0) is 12.8 Å². The number of alkyl halides is 3. The molecule has 0 bridgehead atoms. The first-order valence-corrected chi connectivity index (χ1v) is 5.71. The maximum Gasteiger partial charge on any atom is 0.451 e. The van der Waals surface area contributed by atoms with Crippen molar-refractivity contribution >= 4 is 17.4 Å². The van der Waals surface area contributed by atoms with Gasteiger partial charge in [0.15, 0.2) is 0 Å². The van der Waals surface area contributed by atoms with Gasteiger partial charge < -0.3 is 5.32 Å². The van der Waals surface area contributed by atoms with Crippen molar-refractivity contribution in [2.24, 2.45) is 0 Å². The minimum Gasteiger partial charge on any atom is -0.367 e. The molecule has 2 rings (SSSR count). The molecular formula is C10H11ClF3N3. The zero-order valence-corrected chi connectivity index (χ0v) is 9.65. The third-order valence-electron chi connectivity index (χ3n) is 2.66. The number of nitrogens with zero attached hydrogens (tertiary/aromatic N) is 2. The smallest absolute Gasteiger partial charge is 0.367 e. The average molecular weight is 266 g/mol. The van der Waals surface area contributed by atoms with E-state index in [1.165, 1.54) is 6.07 Å². The summed E-state index contributed by atoms with van der Waals surface area (Å²) in [5, 5.41) is 2.76. The Hall–Kier alpha value is -1.04. The number of aromatic nitrogens is 2. The Morgan fingerprint density at radius 2 is 1.88 bits per heavy atom. The van der Waals surface area contributed by atoms with Gasteiger partial charge in [0.2, 0.25) is 5.82 Å². The fourth-order valence-electron chi connectivity index (χ4n) is 1.90. The number of anilines is 1. The maximum absolute atomic E-state index is 12.5. The standard InChI is InChI=1S/C10H11ClF3N3/c11-7-5-8(15-6-3-1-2-4-6)17-9(16-7)10(12,13)14/h5-6H,1-4H2,(H,15,16,17). The molecule has 0 unspecified atom stereocenters. The van der Waals surface area contributed by atoms with Crippen LogP contribution in [0.4, 0.5) is 19.0 Å². The van der Waals surface area contributed by atoms with Crippen LogP contribution in [0, 0.1) is 0 Å². The van der Waals surface area contributed by atoms with E-state index in [9.17, 15) is 13.2 Å². The lowest BCUT2D eigenvalue weighted by Gasteiger charge is -2.14. The average Bonchev–Trinajstić information content (AvgIpc) is 2.68. The molecule has 17 heavy (non-hydrogen) atoms. The quantitative estimate of drug-likeness (QED) is 0.832. The second kappa shape index (κ2) is 4.68. The highest BCUT2D eigenvalue weighted by Gasteiger charge is 2.35. The number of rotatable bonds is 2. The fourth-order valence-corrected chi connectivity index (χ4v) is 2.08. The molecule has 0 radical (unpaired) electrons. The molecule has 1 aliphatic carbocycles. The molecule has 7 heteroatoms. The molecule has 1 fully saturated rings. The molecule has 0 saturated heterocycles. The van der Waals surface area contributed by atoms with E-state index >= 15 is 0 Å². The minimum atomic E-state index is -4.57. The molecule has 1 aromatic heterocycles. The van der Waals surface area contributed by atoms with Gasteiger partial charge >= 0.3 is 6.18 Å². The van der Waals surface area contributed by atoms with Gasteiger partial charge in [-0.2, -0.15) is 13.2 Å². The van der Waals surface area contributed by atoms with Crippen LogP contribution < -0.4 is 5.32 Å². The fraction of sp³-hybridized carbons (Fsp3) is 0.600. The van der Waals surface area contributed by atoms with Crippen LogP contribution in [0.1, 0.15) is 31.5 Å². The maximum atomic E-state index is 12.5. The highest BCUT2D eigenvalue weighted by atomic mass is 35.5. The molecule has 1 heterocycles. The van der Waals surface area contributed by atoms with Crippen molar-refractivity contribution in [3.8, 4) is 0 Å². The summed E-state index contributed by atoms with van der Waals surface area (Å²) in [6.07, 6.45) is -0.506. The lowest BCUT2D eigenvalue weighted by molar-refractivity contribution is -0.144. The highest BCUT2D eigenvalue weighted by Crippen LogP contribution is 2.29. The summed E-state index contributed by atoms with van der Waals surface area (Å²) in [6, 6.07) is 1.50. The van der Waals surface area contributed by atoms with E-state index < -0.39 is 12.0 Å². The summed E-state index contributed by atoms with van der Waals surface area (Å²) in [5.41, 5.74) is 0. The van der Waals surface area contributed by atoms with Crippen LogP contribution in [-0.2, 0) is 6.18 Å². The zero-order chi connectivity index (χ0) is 12.5. The van der Waals surface area contributed by atoms with Gasteiger partial charge in [0.25, 0.3) is 0 Å². The van der Waals surface area contributed by atoms with Gasteiger partial charge in [0.05, 0.1) is 0 Å². The van der Waals surface area contributed by atoms with Gasteiger partial charge in [-0.25, -0.2) is 9.97 Å². The summed E-state index contributed by atoms with van der Waals surface area (Å²) >= 11 is 5.55. The molecule has 1 aromatic rings. The summed E-state index contributed by atoms with van der Waals surface area (Å²) in [6.45, 7) is 0. The third kappa shape index (κ3) is 3.21. The van der Waals surface area contributed by atoms with Crippen molar-refractivity contribution in [1.82, 2.24) is 9.97 Å². The van der Waals surface area contributed by atoms with Gasteiger partial charge in [0.1, 0.15) is 11.0 Å². The summed E-state index contributed by atoms with van der Waals surface area (Å²) in [5.74, 6) is -1.06. The monoisotopic (exact) mass is 265 g/mol. The minimum absolute atomic E-state index is 0.143. The van der Waals surface area contributed by atoms with E-state index in [2.05, 4.69) is 15.3 Å². The van der Waals surface area contributed by atoms with E-state index in [0.717, 1.165) is 25.7 Å². The highest BCUT2D eigenvalue weighted by molar-refractivity contribution is 6.29. The Kier molecular flexibility index (Phi) is 3.42. The molecule has 0 aromatic carbocycles. The number of nitrogens with one attached hydrogen (secondary N) is 1. The third-order valence-corrected chi connectivity index (χ3v) is 2.85. The Morgan fingerprint density at radius 3 is 2.47 bits per heavy atom. The normalized spacial score (nSPS) is 17.4. The van der Waals surface area contributed by atoms with E-state index in [0.29, 0.717) is 0 Å². The van der Waals surface area contributed by atoms with E-state index in [4.69, 9.17) is 11.6 Å². The Bertz CT molecular complexity index is 402. The lowest BCUT2D eigenvalue weighted by Crippen LogP contribution is -2.18. The van der Waals surface area contributed by atoms with Gasteiger partial charge in [-0.1, -0.05) is 24.4 Å². The molecule has 0 amide bonds. The Balaban J connectivity index is 2.19. The van der Waals surface area contributed by atoms with Crippen LogP contribution in [-0.4, -0.2) is 16.0 Å². The van der Waals surface area contributed by atoms with E-state index in [-0.39, 0.29) is 17.0 Å². The summed E-state index contributed by atoms with van der Waals surface area (Å²) in [7, 11) is 0. The van der Waals surface area contributed by atoms with Crippen LogP contribution in [0.15, 0.2) is 6.07 Å². The van der Waals surface area contributed by atoms with Crippen LogP contribution in [0.3, 0.4) is 0 Å². The molecule has 94 valence electrons. The van der Waals surface area contributed by atoms with Crippen molar-refractivity contribution < 1.29 is 13.2 Å². The molecule has 1 saturated carbocycles. The first-order chi connectivity index (χ1) is 7.95. The molecule has 0 aliphatic heterocycles. The summed E-state index contributed by atoms with van der Waals surface area (Å²) in [4.78, 5) is 6.61. The first-order valence-electron chi connectivity index (χ1n) is 5.33. The van der Waals surface area contributed by atoms with Crippen LogP contribution in [0.25, 0.3) is 0 Å². The van der Waals surface area contributed by atoms with E-state index in [1.807, 2.05) is 0 Å². The molecule has 0 atom stereocenters. The van der Waals surface area contributed by atoms with Crippen molar-refractivity contribution in [3.63, 3.8) is 0 Å². The van der Waals surface area contributed by atoms with Gasteiger partial charge in [-0.15, -0.1) is 0 Å². The molecular weight excluding hydrogens is 255 g/mol. The van der Waals surface area contributed by atoms with Crippen molar-refractivity contribution in [2.75, 3.05) is 5.32 Å². The zero-order valence-electron chi connectivity index (χ0n) is 8.89. The van der Waals surface area contributed by atoms with E-state index in [1.54, 1.807) is 0 Å². The number of halogens is 4. The van der Waals surface area contributed by atoms with Crippen molar-refractivity contribution in [2.45, 2.75) is 37.9 Å². The topological polar surface area (TPSA) is 37.8 Å². The molecule has 0 spiro atoms. The largest absolute Gasteiger partial charge is 0.451 e. The number of hydrogen-bond donors (Lipinski definition) is 1. The summed E-state index contributed by atoms with van der Waals surface area (Å²) < 4.78 is 37.4. The number of hydrogen-bond acceptors (Lipinski definition) is 3. The predicted octanol–water partition coefficient (Wildman–Crippen LogP) is 3.50. The van der Waals surface area contributed by atoms with Crippen LogP contribution in [0.2, 0.25) is 5.15 Å². The van der Waals surface area contributed by atoms with Gasteiger partial charge in [0, 0.05) is 12.1 Å². The van der Waals surface area contributed by atoms with Crippen molar-refractivity contribution in [1.29, 1.82) is 0 Å². The van der Waals surface area contributed by atoms with Crippen LogP contribution >= 0.6 is 11.6 Å². The second-order valence-corrected chi connectivity index (χ2v) is 4.41. The van der Waals surface area contributed by atoms with Gasteiger partial charge in [-0.3, -0.25) is 0 Å². The molecule has 1 aliphatic rings. The second-order valence-electron chi connectivity index (χ2n) is 4.02. The predicted molar refractivity (Wildman–Crippen MR) is 57.9 cm³/mol. The Labute approximate surface area is 101 Å². The SMILES string of the molecule is FC(F)(F)c1nc(Cl)cc(NC2CCCC2)n1. The van der Waals surface area contributed by atoms with Crippen molar-refractivity contribution in [3.05, 3.63) is 17.0 Å². The molecule has 1 N–H and O–H groups in total. The first kappa shape index (κ1) is 12.4. The Morgan fingerprint density at radius 1 is 1.24 bits per heavy atom. The van der Waals surface area contributed by atoms with Crippen LogP contribution in [0.5, 0.6) is 0 Å². The molecule has 3 nitrogen and oxygen atoms in total. The lowest BCUT2D eigenvalue weighted by atomic mass is 10.2.